The van der Waals surface area contributed by atoms with Crippen LogP contribution in [-0.2, 0) is 9.53 Å². The molecule has 3 heterocycles. The summed E-state index contributed by atoms with van der Waals surface area (Å²) in [5, 5.41) is 0. The molecule has 3 aliphatic rings. The lowest BCUT2D eigenvalue weighted by molar-refractivity contribution is -0.123. The summed E-state index contributed by atoms with van der Waals surface area (Å²) in [6.45, 7) is 3.32. The van der Waals surface area contributed by atoms with Gasteiger partial charge in [0.2, 0.25) is 0 Å². The number of benzene rings is 1. The van der Waals surface area contributed by atoms with Gasteiger partial charge >= 0.3 is 0 Å². The number of rotatable bonds is 3. The molecule has 0 N–H and O–H groups in total. The predicted octanol–water partition coefficient (Wildman–Crippen LogP) is 3.77. The normalized spacial score (nSPS) is 27.5. The molecule has 4 rings (SSSR count). The SMILES string of the molecule is CC1Oc2ccccc2C=C1C=C1SC(=S)N(CC2CCCO2)C1=O. The second-order valence-corrected chi connectivity index (χ2v) is 8.05. The van der Waals surface area contributed by atoms with Crippen molar-refractivity contribution in [2.45, 2.75) is 32.0 Å². The van der Waals surface area contributed by atoms with Crippen LogP contribution < -0.4 is 4.74 Å². The summed E-state index contributed by atoms with van der Waals surface area (Å²) in [5.41, 5.74) is 2.01. The quantitative estimate of drug-likeness (QED) is 0.596. The molecule has 130 valence electrons. The maximum absolute atomic E-state index is 12.8. The van der Waals surface area contributed by atoms with E-state index in [0.29, 0.717) is 15.8 Å². The summed E-state index contributed by atoms with van der Waals surface area (Å²) >= 11 is 6.77. The Morgan fingerprint density at radius 1 is 1.40 bits per heavy atom. The third kappa shape index (κ3) is 3.38. The first kappa shape index (κ1) is 16.8. The van der Waals surface area contributed by atoms with E-state index in [1.54, 1.807) is 4.90 Å². The Morgan fingerprint density at radius 2 is 2.24 bits per heavy atom. The molecule has 25 heavy (non-hydrogen) atoms. The van der Waals surface area contributed by atoms with E-state index in [0.717, 1.165) is 36.3 Å². The van der Waals surface area contributed by atoms with Gasteiger partial charge in [-0.3, -0.25) is 9.69 Å². The first-order chi connectivity index (χ1) is 12.1. The fraction of sp³-hybridized carbons (Fsp3) is 0.368. The van der Waals surface area contributed by atoms with Gasteiger partial charge in [-0.05, 0) is 43.6 Å². The fourth-order valence-electron chi connectivity index (χ4n) is 3.22. The van der Waals surface area contributed by atoms with Gasteiger partial charge in [0.15, 0.2) is 0 Å². The molecule has 0 aromatic heterocycles. The summed E-state index contributed by atoms with van der Waals surface area (Å²) in [4.78, 5) is 15.1. The highest BCUT2D eigenvalue weighted by Crippen LogP contribution is 2.36. The lowest BCUT2D eigenvalue weighted by Gasteiger charge is -2.23. The van der Waals surface area contributed by atoms with Crippen molar-refractivity contribution in [3.63, 3.8) is 0 Å². The molecular formula is C19H19NO3S2. The standard InChI is InChI=1S/C19H19NO3S2/c1-12-14(9-13-5-2-3-7-16(13)23-12)10-17-18(21)20(19(24)25-17)11-15-6-4-8-22-15/h2-3,5,7,9-10,12,15H,4,6,8,11H2,1H3. The molecule has 0 radical (unpaired) electrons. The first-order valence-corrected chi connectivity index (χ1v) is 9.68. The Morgan fingerprint density at radius 3 is 3.04 bits per heavy atom. The highest BCUT2D eigenvalue weighted by Gasteiger charge is 2.35. The maximum atomic E-state index is 12.8. The van der Waals surface area contributed by atoms with E-state index in [1.165, 1.54) is 11.8 Å². The number of carbonyl (C=O) groups excluding carboxylic acids is 1. The monoisotopic (exact) mass is 373 g/mol. The number of para-hydroxylation sites is 1. The molecular weight excluding hydrogens is 354 g/mol. The molecule has 2 unspecified atom stereocenters. The van der Waals surface area contributed by atoms with Gasteiger partial charge in [0, 0.05) is 12.2 Å². The van der Waals surface area contributed by atoms with E-state index >= 15 is 0 Å². The first-order valence-electron chi connectivity index (χ1n) is 8.46. The summed E-state index contributed by atoms with van der Waals surface area (Å²) in [6.07, 6.45) is 6.03. The number of thiocarbonyl (C=S) groups is 1. The number of nitrogens with zero attached hydrogens (tertiary/aromatic N) is 1. The van der Waals surface area contributed by atoms with Gasteiger partial charge < -0.3 is 9.47 Å². The van der Waals surface area contributed by atoms with Gasteiger partial charge in [-0.15, -0.1) is 0 Å². The number of amides is 1. The molecule has 0 aliphatic carbocycles. The fourth-order valence-corrected chi connectivity index (χ4v) is 4.50. The van der Waals surface area contributed by atoms with Crippen LogP contribution in [0.1, 0.15) is 25.3 Å². The Bertz CT molecular complexity index is 781. The van der Waals surface area contributed by atoms with E-state index < -0.39 is 0 Å². The van der Waals surface area contributed by atoms with Crippen LogP contribution in [0.25, 0.3) is 6.08 Å². The van der Waals surface area contributed by atoms with Crippen molar-refractivity contribution in [2.75, 3.05) is 13.2 Å². The third-order valence-corrected chi connectivity index (χ3v) is 5.97. The van der Waals surface area contributed by atoms with Crippen LogP contribution in [0.15, 0.2) is 40.8 Å². The lowest BCUT2D eigenvalue weighted by atomic mass is 10.0. The molecule has 2 atom stereocenters. The largest absolute Gasteiger partial charge is 0.485 e. The molecule has 6 heteroatoms. The topological polar surface area (TPSA) is 38.8 Å². The number of hydrogen-bond acceptors (Lipinski definition) is 5. The highest BCUT2D eigenvalue weighted by atomic mass is 32.2. The van der Waals surface area contributed by atoms with E-state index in [2.05, 4.69) is 6.08 Å². The van der Waals surface area contributed by atoms with Crippen LogP contribution >= 0.6 is 24.0 Å². The molecule has 0 spiro atoms. The molecule has 4 nitrogen and oxygen atoms in total. The minimum absolute atomic E-state index is 0.0301. The molecule has 0 bridgehead atoms. The number of ether oxygens (including phenoxy) is 2. The summed E-state index contributed by atoms with van der Waals surface area (Å²) < 4.78 is 12.2. The van der Waals surface area contributed by atoms with Crippen LogP contribution in [0.5, 0.6) is 5.75 Å². The zero-order valence-electron chi connectivity index (χ0n) is 13.9. The van der Waals surface area contributed by atoms with Gasteiger partial charge in [-0.2, -0.15) is 0 Å². The average molecular weight is 373 g/mol. The highest BCUT2D eigenvalue weighted by molar-refractivity contribution is 8.26. The van der Waals surface area contributed by atoms with E-state index in [1.807, 2.05) is 37.3 Å². The van der Waals surface area contributed by atoms with Crippen molar-refractivity contribution in [3.8, 4) is 5.75 Å². The molecule has 1 amide bonds. The van der Waals surface area contributed by atoms with Crippen LogP contribution in [0.4, 0.5) is 0 Å². The lowest BCUT2D eigenvalue weighted by Crippen LogP contribution is -2.35. The smallest absolute Gasteiger partial charge is 0.266 e. The van der Waals surface area contributed by atoms with Gasteiger partial charge in [0.1, 0.15) is 16.2 Å². The number of thioether (sulfide) groups is 1. The van der Waals surface area contributed by atoms with Crippen molar-refractivity contribution in [2.24, 2.45) is 0 Å². The second-order valence-electron chi connectivity index (χ2n) is 6.37. The van der Waals surface area contributed by atoms with Crippen molar-refractivity contribution >= 4 is 40.3 Å². The Hall–Kier alpha value is -1.63. The molecule has 3 aliphatic heterocycles. The van der Waals surface area contributed by atoms with Gasteiger partial charge in [-0.1, -0.05) is 42.2 Å². The van der Waals surface area contributed by atoms with E-state index in [-0.39, 0.29) is 18.1 Å². The van der Waals surface area contributed by atoms with E-state index in [4.69, 9.17) is 21.7 Å². The summed E-state index contributed by atoms with van der Waals surface area (Å²) in [6, 6.07) is 7.91. The molecule has 2 fully saturated rings. The Balaban J connectivity index is 1.56. The zero-order chi connectivity index (χ0) is 17.4. The van der Waals surface area contributed by atoms with E-state index in [9.17, 15) is 4.79 Å². The van der Waals surface area contributed by atoms with Crippen LogP contribution in [-0.4, -0.2) is 40.5 Å². The molecule has 2 saturated heterocycles. The average Bonchev–Trinajstić information content (AvgIpc) is 3.20. The van der Waals surface area contributed by atoms with Gasteiger partial charge in [0.25, 0.3) is 5.91 Å². The van der Waals surface area contributed by atoms with Crippen molar-refractivity contribution in [1.82, 2.24) is 4.90 Å². The number of hydrogen-bond donors (Lipinski definition) is 0. The molecule has 1 aromatic carbocycles. The minimum atomic E-state index is -0.100. The zero-order valence-corrected chi connectivity index (χ0v) is 15.6. The molecule has 0 saturated carbocycles. The third-order valence-electron chi connectivity index (χ3n) is 4.60. The minimum Gasteiger partial charge on any atom is -0.485 e. The van der Waals surface area contributed by atoms with Crippen molar-refractivity contribution < 1.29 is 14.3 Å². The molecule has 1 aromatic rings. The van der Waals surface area contributed by atoms with Crippen molar-refractivity contribution in [1.29, 1.82) is 0 Å². The number of carbonyl (C=O) groups is 1. The van der Waals surface area contributed by atoms with Crippen LogP contribution in [0.3, 0.4) is 0 Å². The van der Waals surface area contributed by atoms with Gasteiger partial charge in [0.05, 0.1) is 17.6 Å². The summed E-state index contributed by atoms with van der Waals surface area (Å²) in [7, 11) is 0. The van der Waals surface area contributed by atoms with Crippen molar-refractivity contribution in [3.05, 3.63) is 46.4 Å². The Kier molecular flexibility index (Phi) is 4.67. The van der Waals surface area contributed by atoms with Crippen LogP contribution in [0, 0.1) is 0 Å². The van der Waals surface area contributed by atoms with Crippen LogP contribution in [0.2, 0.25) is 0 Å². The maximum Gasteiger partial charge on any atom is 0.266 e. The Labute approximate surface area is 156 Å². The predicted molar refractivity (Wildman–Crippen MR) is 103 cm³/mol. The summed E-state index contributed by atoms with van der Waals surface area (Å²) in [5.74, 6) is 0.843. The number of fused-ring (bicyclic) bond motifs is 1. The second kappa shape index (κ2) is 6.94. The van der Waals surface area contributed by atoms with Gasteiger partial charge in [-0.25, -0.2) is 0 Å².